The van der Waals surface area contributed by atoms with Crippen LogP contribution in [0.1, 0.15) is 29.4 Å². The van der Waals surface area contributed by atoms with E-state index in [0.717, 1.165) is 30.4 Å². The van der Waals surface area contributed by atoms with Crippen molar-refractivity contribution in [3.8, 4) is 11.4 Å². The Labute approximate surface area is 180 Å². The van der Waals surface area contributed by atoms with Crippen molar-refractivity contribution >= 4 is 11.7 Å². The quantitative estimate of drug-likeness (QED) is 0.622. The third-order valence-electron chi connectivity index (χ3n) is 5.36. The molecule has 0 saturated carbocycles. The minimum Gasteiger partial charge on any atom is -0.353 e. The molecule has 0 atom stereocenters. The third-order valence-corrected chi connectivity index (χ3v) is 5.36. The molecule has 31 heavy (non-hydrogen) atoms. The Bertz CT molecular complexity index is 1070. The summed E-state index contributed by atoms with van der Waals surface area (Å²) in [6, 6.07) is 6.78. The van der Waals surface area contributed by atoms with Crippen LogP contribution in [0.5, 0.6) is 0 Å². The van der Waals surface area contributed by atoms with E-state index in [1.54, 1.807) is 19.1 Å². The van der Waals surface area contributed by atoms with Gasteiger partial charge in [-0.15, -0.1) is 0 Å². The SMILES string of the molecule is Cc1cc(N2CCN(C(=O)CCc3nc(-c4ccc(C)c(F)c4)no3)CC2)nc(C)n1. The molecule has 0 unspecified atom stereocenters. The minimum absolute atomic E-state index is 0.0517. The molecule has 1 amide bonds. The van der Waals surface area contributed by atoms with Crippen LogP contribution < -0.4 is 4.90 Å². The van der Waals surface area contributed by atoms with Crippen molar-refractivity contribution in [3.05, 3.63) is 53.1 Å². The average molecular weight is 424 g/mol. The number of nitrogens with zero attached hydrogens (tertiary/aromatic N) is 6. The van der Waals surface area contributed by atoms with Gasteiger partial charge in [0.15, 0.2) is 0 Å². The highest BCUT2D eigenvalue weighted by atomic mass is 19.1. The van der Waals surface area contributed by atoms with Gasteiger partial charge in [0.2, 0.25) is 17.6 Å². The number of carbonyl (C=O) groups is 1. The second-order valence-corrected chi connectivity index (χ2v) is 7.76. The Hall–Kier alpha value is -3.36. The molecule has 0 aliphatic carbocycles. The number of aromatic nitrogens is 4. The standard InChI is InChI=1S/C22H25FN6O2/c1-14-4-5-17(13-18(14)23)22-26-20(31-27-22)6-7-21(30)29-10-8-28(9-11-29)19-12-15(2)24-16(3)25-19/h4-5,12-13H,6-11H2,1-3H3. The number of amides is 1. The number of piperazine rings is 1. The van der Waals surface area contributed by atoms with Crippen molar-refractivity contribution in [1.82, 2.24) is 25.0 Å². The molecular weight excluding hydrogens is 399 g/mol. The zero-order valence-corrected chi connectivity index (χ0v) is 17.9. The fourth-order valence-electron chi connectivity index (χ4n) is 3.62. The number of halogens is 1. The predicted octanol–water partition coefficient (Wildman–Crippen LogP) is 2.87. The van der Waals surface area contributed by atoms with E-state index in [4.69, 9.17) is 4.52 Å². The van der Waals surface area contributed by atoms with E-state index < -0.39 is 0 Å². The van der Waals surface area contributed by atoms with Gasteiger partial charge in [-0.3, -0.25) is 4.79 Å². The van der Waals surface area contributed by atoms with Gasteiger partial charge in [0.05, 0.1) is 0 Å². The fourth-order valence-corrected chi connectivity index (χ4v) is 3.62. The lowest BCUT2D eigenvalue weighted by atomic mass is 10.1. The van der Waals surface area contributed by atoms with E-state index in [-0.39, 0.29) is 18.1 Å². The summed E-state index contributed by atoms with van der Waals surface area (Å²) < 4.78 is 19.0. The highest BCUT2D eigenvalue weighted by Crippen LogP contribution is 2.20. The summed E-state index contributed by atoms with van der Waals surface area (Å²) in [5.74, 6) is 2.09. The molecule has 0 bridgehead atoms. The lowest BCUT2D eigenvalue weighted by Crippen LogP contribution is -2.49. The largest absolute Gasteiger partial charge is 0.353 e. The van der Waals surface area contributed by atoms with E-state index in [1.165, 1.54) is 6.07 Å². The average Bonchev–Trinajstić information content (AvgIpc) is 3.22. The maximum absolute atomic E-state index is 13.8. The molecule has 0 N–H and O–H groups in total. The van der Waals surface area contributed by atoms with E-state index in [0.29, 0.717) is 42.4 Å². The summed E-state index contributed by atoms with van der Waals surface area (Å²) in [5.41, 5.74) is 2.05. The molecule has 1 saturated heterocycles. The van der Waals surface area contributed by atoms with Crippen LogP contribution in [0.3, 0.4) is 0 Å². The van der Waals surface area contributed by atoms with Crippen molar-refractivity contribution < 1.29 is 13.7 Å². The maximum atomic E-state index is 13.8. The minimum atomic E-state index is -0.314. The summed E-state index contributed by atoms with van der Waals surface area (Å²) in [6.45, 7) is 8.26. The Morgan fingerprint density at radius 2 is 1.84 bits per heavy atom. The first-order valence-electron chi connectivity index (χ1n) is 10.3. The lowest BCUT2D eigenvalue weighted by molar-refractivity contribution is -0.131. The smallest absolute Gasteiger partial charge is 0.227 e. The lowest BCUT2D eigenvalue weighted by Gasteiger charge is -2.35. The number of benzene rings is 1. The number of aryl methyl sites for hydroxylation is 4. The van der Waals surface area contributed by atoms with E-state index >= 15 is 0 Å². The molecule has 1 aromatic carbocycles. The fraction of sp³-hybridized carbons (Fsp3) is 0.409. The first-order valence-corrected chi connectivity index (χ1v) is 10.3. The van der Waals surface area contributed by atoms with Gasteiger partial charge in [-0.1, -0.05) is 17.3 Å². The van der Waals surface area contributed by atoms with Gasteiger partial charge < -0.3 is 14.3 Å². The summed E-state index contributed by atoms with van der Waals surface area (Å²) in [4.78, 5) is 29.8. The normalized spacial score (nSPS) is 14.2. The Balaban J connectivity index is 1.30. The van der Waals surface area contributed by atoms with E-state index in [2.05, 4.69) is 25.0 Å². The molecule has 9 heteroatoms. The van der Waals surface area contributed by atoms with Crippen LogP contribution in [0.2, 0.25) is 0 Å². The van der Waals surface area contributed by atoms with E-state index in [1.807, 2.05) is 24.8 Å². The van der Waals surface area contributed by atoms with Crippen LogP contribution in [0.25, 0.3) is 11.4 Å². The van der Waals surface area contributed by atoms with Crippen LogP contribution in [-0.2, 0) is 11.2 Å². The Morgan fingerprint density at radius 3 is 2.55 bits per heavy atom. The molecule has 8 nitrogen and oxygen atoms in total. The van der Waals surface area contributed by atoms with E-state index in [9.17, 15) is 9.18 Å². The van der Waals surface area contributed by atoms with Crippen molar-refractivity contribution in [2.75, 3.05) is 31.1 Å². The first-order chi connectivity index (χ1) is 14.9. The second-order valence-electron chi connectivity index (χ2n) is 7.76. The van der Waals surface area contributed by atoms with Crippen molar-refractivity contribution in [3.63, 3.8) is 0 Å². The van der Waals surface area contributed by atoms with Gasteiger partial charge in [-0.05, 0) is 32.4 Å². The maximum Gasteiger partial charge on any atom is 0.227 e. The molecule has 3 aromatic rings. The third kappa shape index (κ3) is 4.87. The highest BCUT2D eigenvalue weighted by Gasteiger charge is 2.23. The van der Waals surface area contributed by atoms with Crippen LogP contribution in [0.4, 0.5) is 10.2 Å². The number of anilines is 1. The molecule has 1 fully saturated rings. The topological polar surface area (TPSA) is 88.2 Å². The summed E-state index contributed by atoms with van der Waals surface area (Å²) in [6.07, 6.45) is 0.639. The van der Waals surface area contributed by atoms with Gasteiger partial charge in [-0.25, -0.2) is 14.4 Å². The molecule has 2 aromatic heterocycles. The molecule has 1 aliphatic rings. The van der Waals surface area contributed by atoms with Crippen LogP contribution in [-0.4, -0.2) is 57.1 Å². The summed E-state index contributed by atoms with van der Waals surface area (Å²) in [7, 11) is 0. The van der Waals surface area contributed by atoms with Gasteiger partial charge in [0.25, 0.3) is 0 Å². The van der Waals surface area contributed by atoms with Crippen molar-refractivity contribution in [2.45, 2.75) is 33.6 Å². The predicted molar refractivity (Wildman–Crippen MR) is 113 cm³/mol. The molecule has 1 aliphatic heterocycles. The molecule has 3 heterocycles. The highest BCUT2D eigenvalue weighted by molar-refractivity contribution is 5.76. The van der Waals surface area contributed by atoms with Gasteiger partial charge in [0, 0.05) is 56.3 Å². The monoisotopic (exact) mass is 424 g/mol. The summed E-state index contributed by atoms with van der Waals surface area (Å²) in [5, 5.41) is 3.91. The van der Waals surface area contributed by atoms with Gasteiger partial charge in [0.1, 0.15) is 17.5 Å². The molecule has 0 radical (unpaired) electrons. The number of rotatable bonds is 5. The van der Waals surface area contributed by atoms with Gasteiger partial charge in [-0.2, -0.15) is 4.98 Å². The molecule has 162 valence electrons. The van der Waals surface area contributed by atoms with Crippen molar-refractivity contribution in [1.29, 1.82) is 0 Å². The number of carbonyl (C=O) groups excluding carboxylic acids is 1. The Morgan fingerprint density at radius 1 is 1.06 bits per heavy atom. The zero-order chi connectivity index (χ0) is 22.0. The zero-order valence-electron chi connectivity index (χ0n) is 17.9. The molecule has 0 spiro atoms. The van der Waals surface area contributed by atoms with Crippen LogP contribution in [0.15, 0.2) is 28.8 Å². The first kappa shape index (κ1) is 20.9. The van der Waals surface area contributed by atoms with Crippen molar-refractivity contribution in [2.24, 2.45) is 0 Å². The number of hydrogen-bond acceptors (Lipinski definition) is 7. The molecular formula is C22H25FN6O2. The summed E-state index contributed by atoms with van der Waals surface area (Å²) >= 11 is 0. The Kier molecular flexibility index (Phi) is 5.92. The number of hydrogen-bond donors (Lipinski definition) is 0. The second kappa shape index (κ2) is 8.79. The van der Waals surface area contributed by atoms with Gasteiger partial charge >= 0.3 is 0 Å². The molecule has 4 rings (SSSR count). The van der Waals surface area contributed by atoms with Crippen LogP contribution >= 0.6 is 0 Å². The van der Waals surface area contributed by atoms with Crippen LogP contribution in [0, 0.1) is 26.6 Å².